The number of halogens is 2. The number of carbonyl (C=O) groups is 2. The first-order valence-corrected chi connectivity index (χ1v) is 12.1. The molecule has 3 N–H and O–H groups in total. The van der Waals surface area contributed by atoms with Crippen molar-refractivity contribution in [2.45, 2.75) is 65.0 Å². The van der Waals surface area contributed by atoms with Crippen LogP contribution in [0.2, 0.25) is 0 Å². The molecule has 0 spiro atoms. The number of carbonyl (C=O) groups excluding carboxylic acids is 2. The monoisotopic (exact) mass is 475 g/mol. The van der Waals surface area contributed by atoms with Gasteiger partial charge in [0.1, 0.15) is 23.5 Å². The Hall–Kier alpha value is -2.81. The summed E-state index contributed by atoms with van der Waals surface area (Å²) in [4.78, 5) is 34.8. The maximum Gasteiger partial charge on any atom is 0.243 e. The Balaban J connectivity index is 1.58. The summed E-state index contributed by atoms with van der Waals surface area (Å²) in [6.45, 7) is 7.00. The van der Waals surface area contributed by atoms with Gasteiger partial charge in [-0.3, -0.25) is 9.59 Å². The number of piperidine rings is 1. The molecule has 1 atom stereocenters. The molecule has 1 aromatic carbocycles. The van der Waals surface area contributed by atoms with E-state index < -0.39 is 17.7 Å². The van der Waals surface area contributed by atoms with E-state index in [0.29, 0.717) is 30.3 Å². The van der Waals surface area contributed by atoms with E-state index in [0.717, 1.165) is 45.0 Å². The van der Waals surface area contributed by atoms with Gasteiger partial charge in [-0.05, 0) is 56.8 Å². The second-order valence-corrected chi connectivity index (χ2v) is 9.33. The second-order valence-electron chi connectivity index (χ2n) is 9.33. The molecule has 1 saturated heterocycles. The Morgan fingerprint density at radius 2 is 1.91 bits per heavy atom. The first-order chi connectivity index (χ1) is 16.3. The average molecular weight is 476 g/mol. The SMILES string of the molecule is CC(C)CCC(=O)N[C@@H](CCN1CCCCC1)C(=O)NCc1ncc(-c2ccc(F)cc2F)[nH]1. The number of H-pyrrole nitrogens is 1. The summed E-state index contributed by atoms with van der Waals surface area (Å²) in [5.74, 6) is -0.903. The van der Waals surface area contributed by atoms with E-state index in [1.165, 1.54) is 24.8 Å². The van der Waals surface area contributed by atoms with Gasteiger partial charge < -0.3 is 20.5 Å². The Labute approximate surface area is 199 Å². The average Bonchev–Trinajstić information content (AvgIpc) is 3.28. The predicted molar refractivity (Wildman–Crippen MR) is 127 cm³/mol. The van der Waals surface area contributed by atoms with Crippen LogP contribution in [0.4, 0.5) is 8.78 Å². The van der Waals surface area contributed by atoms with Crippen molar-refractivity contribution in [1.29, 1.82) is 0 Å². The fourth-order valence-electron chi connectivity index (χ4n) is 4.04. The number of aromatic amines is 1. The van der Waals surface area contributed by atoms with E-state index in [9.17, 15) is 18.4 Å². The molecule has 0 bridgehead atoms. The Morgan fingerprint density at radius 3 is 2.62 bits per heavy atom. The molecule has 7 nitrogen and oxygen atoms in total. The third-order valence-electron chi connectivity index (χ3n) is 6.06. The molecular weight excluding hydrogens is 440 g/mol. The normalized spacial score (nSPS) is 15.3. The lowest BCUT2D eigenvalue weighted by atomic mass is 10.1. The number of amides is 2. The fraction of sp³-hybridized carbons (Fsp3) is 0.560. The number of aromatic nitrogens is 2. The van der Waals surface area contributed by atoms with Crippen LogP contribution in [0.25, 0.3) is 11.3 Å². The fourth-order valence-corrected chi connectivity index (χ4v) is 4.04. The van der Waals surface area contributed by atoms with E-state index >= 15 is 0 Å². The molecule has 3 rings (SSSR count). The molecule has 1 aliphatic heterocycles. The molecule has 1 aromatic heterocycles. The lowest BCUT2D eigenvalue weighted by Crippen LogP contribution is -2.48. The van der Waals surface area contributed by atoms with Crippen molar-refractivity contribution in [3.63, 3.8) is 0 Å². The molecule has 2 amide bonds. The molecule has 34 heavy (non-hydrogen) atoms. The molecule has 0 saturated carbocycles. The van der Waals surface area contributed by atoms with Gasteiger partial charge in [-0.25, -0.2) is 13.8 Å². The van der Waals surface area contributed by atoms with E-state index in [-0.39, 0.29) is 23.9 Å². The summed E-state index contributed by atoms with van der Waals surface area (Å²) in [7, 11) is 0. The summed E-state index contributed by atoms with van der Waals surface area (Å²) in [5.41, 5.74) is 0.591. The van der Waals surface area contributed by atoms with Crippen LogP contribution in [0.3, 0.4) is 0 Å². The number of nitrogens with zero attached hydrogens (tertiary/aromatic N) is 2. The van der Waals surface area contributed by atoms with Crippen molar-refractivity contribution < 1.29 is 18.4 Å². The molecule has 2 heterocycles. The quantitative estimate of drug-likeness (QED) is 0.462. The van der Waals surface area contributed by atoms with Crippen molar-refractivity contribution in [2.24, 2.45) is 5.92 Å². The Morgan fingerprint density at radius 1 is 1.15 bits per heavy atom. The highest BCUT2D eigenvalue weighted by Crippen LogP contribution is 2.21. The predicted octanol–water partition coefficient (Wildman–Crippen LogP) is 3.77. The minimum atomic E-state index is -0.693. The van der Waals surface area contributed by atoms with Crippen molar-refractivity contribution in [1.82, 2.24) is 25.5 Å². The van der Waals surface area contributed by atoms with Gasteiger partial charge in [0.2, 0.25) is 11.8 Å². The van der Waals surface area contributed by atoms with Gasteiger partial charge in [-0.2, -0.15) is 0 Å². The Bertz CT molecular complexity index is 957. The maximum atomic E-state index is 14.0. The Kier molecular flexibility index (Phi) is 9.56. The van der Waals surface area contributed by atoms with Crippen LogP contribution < -0.4 is 10.6 Å². The molecule has 1 fully saturated rings. The van der Waals surface area contributed by atoms with Crippen LogP contribution in [0.1, 0.15) is 58.2 Å². The third-order valence-corrected chi connectivity index (χ3v) is 6.06. The molecular formula is C25H35F2N5O2. The number of benzene rings is 1. The first kappa shape index (κ1) is 25.8. The smallest absolute Gasteiger partial charge is 0.243 e. The molecule has 0 radical (unpaired) electrons. The van der Waals surface area contributed by atoms with Crippen LogP contribution in [-0.2, 0) is 16.1 Å². The lowest BCUT2D eigenvalue weighted by molar-refractivity contribution is -0.129. The first-order valence-electron chi connectivity index (χ1n) is 12.1. The number of nitrogens with one attached hydrogen (secondary N) is 3. The number of hydrogen-bond acceptors (Lipinski definition) is 4. The minimum Gasteiger partial charge on any atom is -0.347 e. The molecule has 2 aromatic rings. The topological polar surface area (TPSA) is 90.1 Å². The van der Waals surface area contributed by atoms with Crippen molar-refractivity contribution in [2.75, 3.05) is 19.6 Å². The highest BCUT2D eigenvalue weighted by molar-refractivity contribution is 5.87. The number of rotatable bonds is 11. The lowest BCUT2D eigenvalue weighted by Gasteiger charge is -2.28. The van der Waals surface area contributed by atoms with Crippen LogP contribution >= 0.6 is 0 Å². The summed E-state index contributed by atoms with van der Waals surface area (Å²) in [6, 6.07) is 2.69. The zero-order valence-corrected chi connectivity index (χ0v) is 20.0. The van der Waals surface area contributed by atoms with Gasteiger partial charge in [-0.15, -0.1) is 0 Å². The van der Waals surface area contributed by atoms with Gasteiger partial charge in [0, 0.05) is 24.6 Å². The number of imidazole rings is 1. The second kappa shape index (κ2) is 12.6. The molecule has 0 unspecified atom stereocenters. The van der Waals surface area contributed by atoms with Gasteiger partial charge in [0.15, 0.2) is 0 Å². The standard InChI is InChI=1S/C25H35F2N5O2/c1-17(2)6-9-24(33)31-21(10-13-32-11-4-3-5-12-32)25(34)29-16-23-28-15-22(30-23)19-8-7-18(26)14-20(19)27/h7-8,14-15,17,21H,3-6,9-13,16H2,1-2H3,(H,28,30)(H,29,34)(H,31,33)/t21-/m0/s1. The minimum absolute atomic E-state index is 0.101. The van der Waals surface area contributed by atoms with E-state index in [4.69, 9.17) is 0 Å². The van der Waals surface area contributed by atoms with Crippen molar-refractivity contribution in [3.05, 3.63) is 41.9 Å². The van der Waals surface area contributed by atoms with Crippen LogP contribution in [0.5, 0.6) is 0 Å². The van der Waals surface area contributed by atoms with Crippen LogP contribution in [0, 0.1) is 17.6 Å². The zero-order valence-electron chi connectivity index (χ0n) is 20.0. The van der Waals surface area contributed by atoms with Crippen molar-refractivity contribution in [3.8, 4) is 11.3 Å². The molecule has 1 aliphatic rings. The van der Waals surface area contributed by atoms with Gasteiger partial charge >= 0.3 is 0 Å². The summed E-state index contributed by atoms with van der Waals surface area (Å²) in [6.07, 6.45) is 6.68. The van der Waals surface area contributed by atoms with Crippen LogP contribution in [0.15, 0.2) is 24.4 Å². The van der Waals surface area contributed by atoms with Gasteiger partial charge in [-0.1, -0.05) is 20.3 Å². The zero-order chi connectivity index (χ0) is 24.5. The van der Waals surface area contributed by atoms with E-state index in [1.54, 1.807) is 0 Å². The molecule has 0 aliphatic carbocycles. The van der Waals surface area contributed by atoms with Crippen molar-refractivity contribution >= 4 is 11.8 Å². The summed E-state index contributed by atoms with van der Waals surface area (Å²) in [5, 5.41) is 5.72. The number of likely N-dealkylation sites (tertiary alicyclic amines) is 1. The highest BCUT2D eigenvalue weighted by Gasteiger charge is 2.22. The molecule has 186 valence electrons. The van der Waals surface area contributed by atoms with E-state index in [2.05, 4.69) is 39.3 Å². The summed E-state index contributed by atoms with van der Waals surface area (Å²) < 4.78 is 27.2. The maximum absolute atomic E-state index is 14.0. The largest absolute Gasteiger partial charge is 0.347 e. The van der Waals surface area contributed by atoms with E-state index in [1.807, 2.05) is 0 Å². The highest BCUT2D eigenvalue weighted by atomic mass is 19.1. The van der Waals surface area contributed by atoms with Gasteiger partial charge in [0.05, 0.1) is 18.4 Å². The van der Waals surface area contributed by atoms with Gasteiger partial charge in [0.25, 0.3) is 0 Å². The third kappa shape index (κ3) is 7.90. The molecule has 9 heteroatoms. The van der Waals surface area contributed by atoms with Crippen LogP contribution in [-0.4, -0.2) is 52.4 Å². The summed E-state index contributed by atoms with van der Waals surface area (Å²) >= 11 is 0. The number of hydrogen-bond donors (Lipinski definition) is 3.